The Morgan fingerprint density at radius 2 is 1.69 bits per heavy atom. The lowest BCUT2D eigenvalue weighted by Crippen LogP contribution is -2.51. The maximum Gasteiger partial charge on any atom is 0.410 e. The summed E-state index contributed by atoms with van der Waals surface area (Å²) < 4.78 is 24.7. The van der Waals surface area contributed by atoms with Gasteiger partial charge in [0, 0.05) is 36.8 Å². The van der Waals surface area contributed by atoms with Gasteiger partial charge in [-0.1, -0.05) is 11.6 Å². The molecule has 1 saturated heterocycles. The highest BCUT2D eigenvalue weighted by atomic mass is 35.5. The van der Waals surface area contributed by atoms with E-state index >= 15 is 0 Å². The SMILES string of the molecule is COc1c(C(=O)N2CCN(C(=O)OC(C)(C)C)CC2)cc(Cl)c(C)c1F. The van der Waals surface area contributed by atoms with E-state index in [0.29, 0.717) is 26.2 Å². The standard InChI is InChI=1S/C18H24ClFN2O4/c1-11-13(19)10-12(15(25-5)14(11)20)16(23)21-6-8-22(9-7-21)17(24)26-18(2,3)4/h10H,6-9H2,1-5H3. The maximum absolute atomic E-state index is 14.3. The topological polar surface area (TPSA) is 59.1 Å². The number of hydrogen-bond donors (Lipinski definition) is 0. The van der Waals surface area contributed by atoms with Crippen LogP contribution in [0.2, 0.25) is 5.02 Å². The molecule has 0 aromatic heterocycles. The van der Waals surface area contributed by atoms with E-state index in [1.54, 1.807) is 30.6 Å². The minimum absolute atomic E-state index is 0.0753. The van der Waals surface area contributed by atoms with Crippen molar-refractivity contribution in [1.29, 1.82) is 0 Å². The van der Waals surface area contributed by atoms with Gasteiger partial charge in [-0.2, -0.15) is 0 Å². The van der Waals surface area contributed by atoms with Crippen LogP contribution >= 0.6 is 11.6 Å². The summed E-state index contributed by atoms with van der Waals surface area (Å²) in [5, 5.41) is 0.166. The van der Waals surface area contributed by atoms with Crippen LogP contribution in [0.1, 0.15) is 36.7 Å². The summed E-state index contributed by atoms with van der Waals surface area (Å²) in [6.07, 6.45) is -0.411. The normalized spacial score (nSPS) is 15.0. The van der Waals surface area contributed by atoms with Crippen LogP contribution in [0.3, 0.4) is 0 Å². The first kappa shape index (κ1) is 20.3. The van der Waals surface area contributed by atoms with Crippen molar-refractivity contribution in [3.05, 3.63) is 28.0 Å². The van der Waals surface area contributed by atoms with Crippen LogP contribution in [0.25, 0.3) is 0 Å². The van der Waals surface area contributed by atoms with Crippen LogP contribution in [0.15, 0.2) is 6.07 Å². The predicted molar refractivity (Wildman–Crippen MR) is 96.4 cm³/mol. The molecule has 0 N–H and O–H groups in total. The van der Waals surface area contributed by atoms with Gasteiger partial charge in [0.1, 0.15) is 5.60 Å². The van der Waals surface area contributed by atoms with E-state index in [2.05, 4.69) is 0 Å². The molecule has 1 aromatic carbocycles. The number of hydrogen-bond acceptors (Lipinski definition) is 4. The zero-order valence-electron chi connectivity index (χ0n) is 15.7. The summed E-state index contributed by atoms with van der Waals surface area (Å²) in [4.78, 5) is 28.0. The van der Waals surface area contributed by atoms with Crippen molar-refractivity contribution in [2.24, 2.45) is 0 Å². The van der Waals surface area contributed by atoms with Gasteiger partial charge in [-0.25, -0.2) is 9.18 Å². The Bertz CT molecular complexity index is 710. The molecule has 1 fully saturated rings. The van der Waals surface area contributed by atoms with Gasteiger partial charge in [0.05, 0.1) is 12.7 Å². The zero-order valence-corrected chi connectivity index (χ0v) is 16.4. The Kier molecular flexibility index (Phi) is 6.01. The van der Waals surface area contributed by atoms with Gasteiger partial charge in [-0.15, -0.1) is 0 Å². The van der Waals surface area contributed by atoms with E-state index < -0.39 is 17.5 Å². The number of carbonyl (C=O) groups excluding carboxylic acids is 2. The van der Waals surface area contributed by atoms with Crippen molar-refractivity contribution >= 4 is 23.6 Å². The molecule has 0 spiro atoms. The van der Waals surface area contributed by atoms with Crippen LogP contribution in [-0.2, 0) is 4.74 Å². The van der Waals surface area contributed by atoms with Crippen LogP contribution in [0.5, 0.6) is 5.75 Å². The first-order chi connectivity index (χ1) is 12.0. The van der Waals surface area contributed by atoms with Crippen LogP contribution in [0.4, 0.5) is 9.18 Å². The van der Waals surface area contributed by atoms with E-state index in [9.17, 15) is 14.0 Å². The van der Waals surface area contributed by atoms with Crippen LogP contribution in [0, 0.1) is 12.7 Å². The fraction of sp³-hybridized carbons (Fsp3) is 0.556. The molecule has 0 radical (unpaired) electrons. The molecule has 2 amide bonds. The summed E-state index contributed by atoms with van der Waals surface area (Å²) >= 11 is 6.02. The van der Waals surface area contributed by atoms with Crippen molar-refractivity contribution in [1.82, 2.24) is 9.80 Å². The second-order valence-electron chi connectivity index (χ2n) is 7.14. The molecule has 2 rings (SSSR count). The third-order valence-electron chi connectivity index (χ3n) is 4.06. The first-order valence-electron chi connectivity index (χ1n) is 8.35. The van der Waals surface area contributed by atoms with E-state index in [1.807, 2.05) is 0 Å². The van der Waals surface area contributed by atoms with Crippen LogP contribution in [-0.4, -0.2) is 60.7 Å². The average molecular weight is 387 g/mol. The van der Waals surface area contributed by atoms with E-state index in [-0.39, 0.29) is 27.8 Å². The molecule has 0 aliphatic carbocycles. The first-order valence-corrected chi connectivity index (χ1v) is 8.72. The second kappa shape index (κ2) is 7.70. The Hall–Kier alpha value is -2.02. The number of piperazine rings is 1. The highest BCUT2D eigenvalue weighted by Gasteiger charge is 2.30. The number of amides is 2. The van der Waals surface area contributed by atoms with E-state index in [0.717, 1.165) is 0 Å². The molecule has 0 saturated carbocycles. The summed E-state index contributed by atoms with van der Waals surface area (Å²) in [6, 6.07) is 1.42. The molecule has 1 heterocycles. The number of rotatable bonds is 2. The van der Waals surface area contributed by atoms with Crippen molar-refractivity contribution in [3.8, 4) is 5.75 Å². The zero-order chi connectivity index (χ0) is 19.6. The smallest absolute Gasteiger partial charge is 0.410 e. The Labute approximate surface area is 157 Å². The molecule has 1 aliphatic heterocycles. The van der Waals surface area contributed by atoms with E-state index in [4.69, 9.17) is 21.1 Å². The molecular formula is C18H24ClFN2O4. The van der Waals surface area contributed by atoms with Gasteiger partial charge < -0.3 is 19.3 Å². The lowest BCUT2D eigenvalue weighted by Gasteiger charge is -2.35. The highest BCUT2D eigenvalue weighted by molar-refractivity contribution is 6.31. The van der Waals surface area contributed by atoms with Crippen LogP contribution < -0.4 is 4.74 Å². The summed E-state index contributed by atoms with van der Waals surface area (Å²) in [7, 11) is 1.31. The molecule has 6 nitrogen and oxygen atoms in total. The van der Waals surface area contributed by atoms with Crippen molar-refractivity contribution in [2.45, 2.75) is 33.3 Å². The average Bonchev–Trinajstić information content (AvgIpc) is 2.57. The monoisotopic (exact) mass is 386 g/mol. The van der Waals surface area contributed by atoms with Gasteiger partial charge in [0.2, 0.25) is 0 Å². The van der Waals surface area contributed by atoms with Gasteiger partial charge in [0.25, 0.3) is 5.91 Å². The lowest BCUT2D eigenvalue weighted by molar-refractivity contribution is 0.0140. The molecule has 0 unspecified atom stereocenters. The maximum atomic E-state index is 14.3. The molecule has 1 aromatic rings. The Morgan fingerprint density at radius 3 is 2.19 bits per heavy atom. The number of ether oxygens (including phenoxy) is 2. The molecule has 26 heavy (non-hydrogen) atoms. The minimum atomic E-state index is -0.643. The predicted octanol–water partition coefficient (Wildman–Crippen LogP) is 3.49. The van der Waals surface area contributed by atoms with Gasteiger partial charge in [-0.05, 0) is 33.8 Å². The fourth-order valence-corrected chi connectivity index (χ4v) is 2.83. The number of carbonyl (C=O) groups is 2. The third kappa shape index (κ3) is 4.38. The number of methoxy groups -OCH3 is 1. The number of halogens is 2. The Balaban J connectivity index is 2.11. The molecule has 1 aliphatic rings. The number of nitrogens with zero attached hydrogens (tertiary/aromatic N) is 2. The molecule has 144 valence electrons. The van der Waals surface area contributed by atoms with Crippen molar-refractivity contribution in [3.63, 3.8) is 0 Å². The largest absolute Gasteiger partial charge is 0.493 e. The van der Waals surface area contributed by atoms with Gasteiger partial charge in [-0.3, -0.25) is 4.79 Å². The summed E-state index contributed by atoms with van der Waals surface area (Å²) in [5.41, 5.74) is -0.269. The van der Waals surface area contributed by atoms with Crippen molar-refractivity contribution < 1.29 is 23.5 Å². The van der Waals surface area contributed by atoms with Gasteiger partial charge >= 0.3 is 6.09 Å². The minimum Gasteiger partial charge on any atom is -0.493 e. The summed E-state index contributed by atoms with van der Waals surface area (Å²) in [6.45, 7) is 8.22. The number of benzene rings is 1. The summed E-state index contributed by atoms with van der Waals surface area (Å²) in [5.74, 6) is -1.14. The molecule has 0 bridgehead atoms. The molecular weight excluding hydrogens is 363 g/mol. The third-order valence-corrected chi connectivity index (χ3v) is 4.45. The quantitative estimate of drug-likeness (QED) is 0.780. The lowest BCUT2D eigenvalue weighted by atomic mass is 10.1. The van der Waals surface area contributed by atoms with Crippen molar-refractivity contribution in [2.75, 3.05) is 33.3 Å². The molecule has 0 atom stereocenters. The van der Waals surface area contributed by atoms with E-state index in [1.165, 1.54) is 20.1 Å². The second-order valence-corrected chi connectivity index (χ2v) is 7.54. The Morgan fingerprint density at radius 1 is 1.15 bits per heavy atom. The van der Waals surface area contributed by atoms with Gasteiger partial charge in [0.15, 0.2) is 11.6 Å². The molecule has 8 heteroatoms. The highest BCUT2D eigenvalue weighted by Crippen LogP contribution is 2.32. The fourth-order valence-electron chi connectivity index (χ4n) is 2.64.